The Balaban J connectivity index is 1.25. The predicted molar refractivity (Wildman–Crippen MR) is 222 cm³/mol. The minimum Gasteiger partial charge on any atom is -0.398 e. The fraction of sp³-hybridized carbons (Fsp3) is 0.489. The van der Waals surface area contributed by atoms with Crippen LogP contribution in [0.4, 0.5) is 8.78 Å². The zero-order chi connectivity index (χ0) is 42.3. The Hall–Kier alpha value is -4.75. The van der Waals surface area contributed by atoms with Crippen molar-refractivity contribution >= 4 is 48.1 Å². The van der Waals surface area contributed by atoms with Gasteiger partial charge in [0.05, 0.1) is 0 Å². The fourth-order valence-corrected chi connectivity index (χ4v) is 12.9. The predicted octanol–water partition coefficient (Wildman–Crippen LogP) is 5.25. The van der Waals surface area contributed by atoms with E-state index >= 15 is 0 Å². The van der Waals surface area contributed by atoms with E-state index in [2.05, 4.69) is 61.0 Å². The quantitative estimate of drug-likeness (QED) is 0.151. The molecule has 5 atom stereocenters. The molecular weight excluding hydrogens is 759 g/mol. The summed E-state index contributed by atoms with van der Waals surface area (Å²) in [6.07, 6.45) is 2.45. The number of benzene rings is 3. The van der Waals surface area contributed by atoms with E-state index in [9.17, 15) is 32.8 Å². The molecule has 2 aliphatic heterocycles. The molecule has 0 saturated carbocycles. The molecule has 2 heterocycles. The minimum atomic E-state index is -2.93. The summed E-state index contributed by atoms with van der Waals surface area (Å²) < 4.78 is 34.8. The molecule has 3 aromatic rings. The van der Waals surface area contributed by atoms with Crippen LogP contribution >= 0.6 is 0 Å². The number of unbranched alkanes of at least 4 members (excludes halogenated alkanes) is 2. The van der Waals surface area contributed by atoms with Gasteiger partial charge in [-0.2, -0.15) is 0 Å². The number of rotatable bonds is 14. The topological polar surface area (TPSA) is 134 Å². The van der Waals surface area contributed by atoms with Gasteiger partial charge in [-0.3, -0.25) is 24.0 Å². The van der Waals surface area contributed by atoms with Crippen molar-refractivity contribution in [2.24, 2.45) is 0 Å². The normalized spacial score (nSPS) is 22.6. The van der Waals surface area contributed by atoms with Crippen LogP contribution in [0.2, 0.25) is 5.04 Å². The summed E-state index contributed by atoms with van der Waals surface area (Å²) in [6.45, 7) is 11.9. The zero-order valence-corrected chi connectivity index (χ0v) is 35.5. The first kappa shape index (κ1) is 44.4. The van der Waals surface area contributed by atoms with Gasteiger partial charge in [-0.25, -0.2) is 8.78 Å². The standard InChI is InChI=1S/C45H58F2N4O6Si/c1-7-45(6)43(56)49-37(29-31-25-26-34(46)35(47)28-31)42(55)51-27-17-23-38(51)41(54)48-36(40(53)50-45)22-15-10-16-24-39(52)30(2)57-58(44(3,4)5,32-18-11-8-12-19-32)33-20-13-9-14-21-33/h8-9,11-14,18-21,25-26,28,30,36-38H,7,10,15-17,22-24,27,29H2,1-6H3,(H,48,54)(H,49,56)(H,50,53)/t30-,36-,37-,38+,45-/m0/s1. The number of nitrogens with zero attached hydrogens (tertiary/aromatic N) is 1. The minimum absolute atomic E-state index is 0.0105. The second kappa shape index (κ2) is 18.9. The van der Waals surface area contributed by atoms with E-state index in [0.717, 1.165) is 22.5 Å². The van der Waals surface area contributed by atoms with Crippen LogP contribution in [0.5, 0.6) is 0 Å². The van der Waals surface area contributed by atoms with Crippen molar-refractivity contribution in [2.45, 2.75) is 134 Å². The summed E-state index contributed by atoms with van der Waals surface area (Å²) in [4.78, 5) is 70.6. The Kier molecular flexibility index (Phi) is 14.4. The highest BCUT2D eigenvalue weighted by molar-refractivity contribution is 6.99. The largest absolute Gasteiger partial charge is 0.398 e. The zero-order valence-electron chi connectivity index (χ0n) is 34.5. The molecule has 5 rings (SSSR count). The Labute approximate surface area is 342 Å². The first-order chi connectivity index (χ1) is 27.5. The molecule has 0 aromatic heterocycles. The van der Waals surface area contributed by atoms with Crippen LogP contribution in [0, 0.1) is 11.6 Å². The van der Waals surface area contributed by atoms with Gasteiger partial charge in [0.1, 0.15) is 29.8 Å². The molecule has 58 heavy (non-hydrogen) atoms. The summed E-state index contributed by atoms with van der Waals surface area (Å²) in [7, 11) is -2.93. The average molecular weight is 817 g/mol. The number of ketones is 1. The molecule has 0 bridgehead atoms. The number of carbonyl (C=O) groups is 5. The van der Waals surface area contributed by atoms with Gasteiger partial charge in [0.2, 0.25) is 23.6 Å². The number of fused-ring (bicyclic) bond motifs is 1. The molecule has 3 N–H and O–H groups in total. The maximum atomic E-state index is 14.1. The molecule has 4 amide bonds. The number of nitrogens with one attached hydrogen (secondary N) is 3. The van der Waals surface area contributed by atoms with Crippen LogP contribution in [0.25, 0.3) is 0 Å². The second-order valence-corrected chi connectivity index (χ2v) is 21.1. The highest BCUT2D eigenvalue weighted by atomic mass is 28.4. The molecule has 13 heteroatoms. The lowest BCUT2D eigenvalue weighted by atomic mass is 9.94. The third-order valence-corrected chi connectivity index (χ3v) is 16.9. The average Bonchev–Trinajstić information content (AvgIpc) is 3.70. The van der Waals surface area contributed by atoms with E-state index in [-0.39, 0.29) is 48.6 Å². The molecular formula is C45H58F2N4O6Si. The van der Waals surface area contributed by atoms with Gasteiger partial charge in [0, 0.05) is 19.4 Å². The van der Waals surface area contributed by atoms with E-state index in [4.69, 9.17) is 4.43 Å². The highest BCUT2D eigenvalue weighted by Crippen LogP contribution is 2.37. The summed E-state index contributed by atoms with van der Waals surface area (Å²) in [6, 6.07) is 20.6. The van der Waals surface area contributed by atoms with Crippen LogP contribution in [-0.2, 0) is 34.8 Å². The number of carbonyl (C=O) groups excluding carboxylic acids is 5. The molecule has 0 spiro atoms. The SMILES string of the molecule is CC[C@]1(C)NC(=O)[C@H](CCCCCC(=O)[C@H](C)O[Si](c2ccccc2)(c2ccccc2)C(C)(C)C)NC(=O)[C@H]2CCCN2C(=O)[C@H](Cc2ccc(F)c(F)c2)NC1=O. The van der Waals surface area contributed by atoms with Crippen molar-refractivity contribution in [1.29, 1.82) is 0 Å². The van der Waals surface area contributed by atoms with Crippen molar-refractivity contribution in [2.75, 3.05) is 6.54 Å². The Morgan fingerprint density at radius 2 is 1.52 bits per heavy atom. The van der Waals surface area contributed by atoms with Gasteiger partial charge in [0.25, 0.3) is 8.32 Å². The van der Waals surface area contributed by atoms with Crippen molar-refractivity contribution in [1.82, 2.24) is 20.9 Å². The maximum Gasteiger partial charge on any atom is 0.262 e. The van der Waals surface area contributed by atoms with Crippen molar-refractivity contribution < 1.29 is 37.2 Å². The Morgan fingerprint density at radius 3 is 2.10 bits per heavy atom. The summed E-state index contributed by atoms with van der Waals surface area (Å²) in [5, 5.41) is 10.4. The first-order valence-corrected chi connectivity index (χ1v) is 22.4. The molecule has 2 aliphatic rings. The Morgan fingerprint density at radius 1 is 0.879 bits per heavy atom. The van der Waals surface area contributed by atoms with Gasteiger partial charge in [-0.1, -0.05) is 107 Å². The Bertz CT molecular complexity index is 1900. The molecule has 2 fully saturated rings. The smallest absolute Gasteiger partial charge is 0.262 e. The van der Waals surface area contributed by atoms with Gasteiger partial charge < -0.3 is 25.3 Å². The lowest BCUT2D eigenvalue weighted by molar-refractivity contribution is -0.144. The molecule has 2 saturated heterocycles. The van der Waals surface area contributed by atoms with Gasteiger partial charge in [-0.05, 0) is 79.1 Å². The van der Waals surface area contributed by atoms with Crippen molar-refractivity contribution in [3.05, 3.63) is 96.1 Å². The van der Waals surface area contributed by atoms with Gasteiger partial charge in [-0.15, -0.1) is 0 Å². The van der Waals surface area contributed by atoms with Gasteiger partial charge >= 0.3 is 0 Å². The number of hydrogen-bond acceptors (Lipinski definition) is 6. The van der Waals surface area contributed by atoms with Crippen LogP contribution < -0.4 is 26.3 Å². The molecule has 0 unspecified atom stereocenters. The van der Waals surface area contributed by atoms with Crippen molar-refractivity contribution in [3.63, 3.8) is 0 Å². The molecule has 312 valence electrons. The molecule has 0 aliphatic carbocycles. The van der Waals surface area contributed by atoms with E-state index < -0.39 is 73.3 Å². The molecule has 0 radical (unpaired) electrons. The number of hydrogen-bond donors (Lipinski definition) is 3. The van der Waals surface area contributed by atoms with Gasteiger partial charge in [0.15, 0.2) is 17.4 Å². The number of Topliss-reactive ketones (excluding diaryl/α,β-unsaturated/α-hetero) is 1. The third-order valence-electron chi connectivity index (χ3n) is 11.7. The van der Waals surface area contributed by atoms with E-state index in [1.165, 1.54) is 11.0 Å². The van der Waals surface area contributed by atoms with E-state index in [0.29, 0.717) is 32.1 Å². The molecule has 3 aromatic carbocycles. The lowest BCUT2D eigenvalue weighted by Crippen LogP contribution is -2.68. The fourth-order valence-electron chi connectivity index (χ4n) is 8.17. The maximum absolute atomic E-state index is 14.1. The first-order valence-electron chi connectivity index (χ1n) is 20.5. The third kappa shape index (κ3) is 9.91. The van der Waals surface area contributed by atoms with Crippen LogP contribution in [0.1, 0.15) is 98.5 Å². The van der Waals surface area contributed by atoms with Crippen LogP contribution in [0.3, 0.4) is 0 Å². The van der Waals surface area contributed by atoms with Crippen molar-refractivity contribution in [3.8, 4) is 0 Å². The summed E-state index contributed by atoms with van der Waals surface area (Å²) in [5.74, 6) is -4.28. The number of amides is 4. The highest BCUT2D eigenvalue weighted by Gasteiger charge is 2.51. The van der Waals surface area contributed by atoms with Crippen LogP contribution in [0.15, 0.2) is 78.9 Å². The molecule has 10 nitrogen and oxygen atoms in total. The summed E-state index contributed by atoms with van der Waals surface area (Å²) in [5.41, 5.74) is -1.17. The van der Waals surface area contributed by atoms with Crippen LogP contribution in [-0.4, -0.2) is 78.9 Å². The monoisotopic (exact) mass is 816 g/mol. The van der Waals surface area contributed by atoms with E-state index in [1.54, 1.807) is 13.8 Å². The summed E-state index contributed by atoms with van der Waals surface area (Å²) >= 11 is 0. The van der Waals surface area contributed by atoms with E-state index in [1.807, 2.05) is 43.3 Å². The number of halogens is 2. The second-order valence-electron chi connectivity index (χ2n) is 16.9. The lowest BCUT2D eigenvalue weighted by Gasteiger charge is -2.44.